The van der Waals surface area contributed by atoms with Crippen LogP contribution >= 0.6 is 0 Å². The largest absolute Gasteiger partial charge is 0.310 e. The molecule has 0 unspecified atom stereocenters. The standard InChI is InChI=1S/C32H27N.C21H28.C7H7F/c1-22-18-19-27-28(20-22)32(2,3)29-21-30(25-16-10-11-17-26(25)31(27)29)33(23-12-6-4-7-13-23)24-14-8-5-9-15-24;1-6-9-19(16(5)7-2)21-14-18(15(3)4)12-13-20(21)17-10-8-11-17;1-6-3-2-4-7(8)5-6/h4-21H,1-3H3;6-7,9,12-15,17H,2,8,10-11H2,1,3-5H3;2-5H,1H3/b;9-6-,19-16+;. The number of allylic oxidation sites excluding steroid dienone is 5. The Morgan fingerprint density at radius 2 is 1.34 bits per heavy atom. The minimum absolute atomic E-state index is 0.0610. The predicted molar refractivity (Wildman–Crippen MR) is 267 cm³/mol. The lowest BCUT2D eigenvalue weighted by atomic mass is 9.76. The van der Waals surface area contributed by atoms with Gasteiger partial charge in [0.1, 0.15) is 5.82 Å². The zero-order valence-corrected chi connectivity index (χ0v) is 38.0. The smallest absolute Gasteiger partial charge is 0.123 e. The second kappa shape index (κ2) is 19.2. The number of anilines is 3. The first-order valence-corrected chi connectivity index (χ1v) is 22.3. The van der Waals surface area contributed by atoms with E-state index in [0.29, 0.717) is 5.92 Å². The van der Waals surface area contributed by atoms with Crippen molar-refractivity contribution in [3.63, 3.8) is 0 Å². The molecule has 0 atom stereocenters. The maximum Gasteiger partial charge on any atom is 0.123 e. The van der Waals surface area contributed by atoms with Crippen LogP contribution in [0.15, 0.2) is 182 Å². The van der Waals surface area contributed by atoms with E-state index < -0.39 is 0 Å². The highest BCUT2D eigenvalue weighted by Crippen LogP contribution is 2.54. The third-order valence-electron chi connectivity index (χ3n) is 12.7. The van der Waals surface area contributed by atoms with Gasteiger partial charge in [-0.25, -0.2) is 4.39 Å². The summed E-state index contributed by atoms with van der Waals surface area (Å²) >= 11 is 0. The molecule has 2 aliphatic rings. The molecule has 0 radical (unpaired) electrons. The highest BCUT2D eigenvalue weighted by atomic mass is 19.1. The van der Waals surface area contributed by atoms with Gasteiger partial charge in [0, 0.05) is 22.2 Å². The van der Waals surface area contributed by atoms with E-state index in [2.05, 4.69) is 199 Å². The van der Waals surface area contributed by atoms with Gasteiger partial charge in [0.05, 0.1) is 5.69 Å². The number of halogens is 1. The molecule has 0 spiro atoms. The zero-order valence-electron chi connectivity index (χ0n) is 38.0. The van der Waals surface area contributed by atoms with Gasteiger partial charge in [0.15, 0.2) is 0 Å². The van der Waals surface area contributed by atoms with E-state index in [-0.39, 0.29) is 11.2 Å². The first-order chi connectivity index (χ1) is 29.9. The van der Waals surface area contributed by atoms with Gasteiger partial charge in [0.2, 0.25) is 0 Å². The van der Waals surface area contributed by atoms with Crippen LogP contribution in [0.4, 0.5) is 21.5 Å². The molecule has 1 saturated carbocycles. The number of fused-ring (bicyclic) bond motifs is 5. The van der Waals surface area contributed by atoms with Crippen LogP contribution in [0.1, 0.15) is 112 Å². The van der Waals surface area contributed by atoms with Gasteiger partial charge in [-0.15, -0.1) is 0 Å². The number of benzene rings is 7. The van der Waals surface area contributed by atoms with Crippen LogP contribution in [0, 0.1) is 19.7 Å². The first-order valence-electron chi connectivity index (χ1n) is 22.3. The van der Waals surface area contributed by atoms with Gasteiger partial charge in [-0.2, -0.15) is 0 Å². The topological polar surface area (TPSA) is 3.24 Å². The Morgan fingerprint density at radius 3 is 1.89 bits per heavy atom. The van der Waals surface area contributed by atoms with Crippen LogP contribution in [-0.2, 0) is 5.41 Å². The van der Waals surface area contributed by atoms with Crippen molar-refractivity contribution in [1.82, 2.24) is 0 Å². The molecule has 0 N–H and O–H groups in total. The van der Waals surface area contributed by atoms with Crippen molar-refractivity contribution in [2.75, 3.05) is 4.90 Å². The zero-order chi connectivity index (χ0) is 44.0. The van der Waals surface area contributed by atoms with Crippen LogP contribution in [0.2, 0.25) is 0 Å². The molecule has 314 valence electrons. The average Bonchev–Trinajstić information content (AvgIpc) is 3.48. The normalized spacial score (nSPS) is 14.2. The fourth-order valence-corrected chi connectivity index (χ4v) is 9.00. The van der Waals surface area contributed by atoms with E-state index in [0.717, 1.165) is 22.9 Å². The Bertz CT molecular complexity index is 2670. The summed E-state index contributed by atoms with van der Waals surface area (Å²) in [7, 11) is 0. The number of hydrogen-bond donors (Lipinski definition) is 0. The minimum Gasteiger partial charge on any atom is -0.310 e. The van der Waals surface area contributed by atoms with Crippen molar-refractivity contribution in [1.29, 1.82) is 0 Å². The molecule has 0 aliphatic heterocycles. The van der Waals surface area contributed by atoms with Crippen LogP contribution in [0.3, 0.4) is 0 Å². The Labute approximate surface area is 371 Å². The second-order valence-electron chi connectivity index (χ2n) is 17.8. The summed E-state index contributed by atoms with van der Waals surface area (Å²) in [6.07, 6.45) is 10.4. The summed E-state index contributed by atoms with van der Waals surface area (Å²) in [5, 5.41) is 2.59. The SMILES string of the molecule is C=C/C(C)=C(\C=C/C)c1cc(C(C)C)ccc1C1CCC1.Cc1ccc2c(c1)C(C)(C)c1cc(N(c3ccccc3)c3ccccc3)c3ccccc3c1-2.Cc1cccc(F)c1. The van der Waals surface area contributed by atoms with E-state index in [4.69, 9.17) is 0 Å². The molecule has 0 aromatic heterocycles. The van der Waals surface area contributed by atoms with E-state index in [1.165, 1.54) is 104 Å². The van der Waals surface area contributed by atoms with Crippen molar-refractivity contribution >= 4 is 33.4 Å². The number of rotatable bonds is 8. The molecule has 0 bridgehead atoms. The third kappa shape index (κ3) is 9.16. The van der Waals surface area contributed by atoms with Gasteiger partial charge in [0.25, 0.3) is 0 Å². The highest BCUT2D eigenvalue weighted by molar-refractivity contribution is 6.10. The average molecular weight is 816 g/mol. The summed E-state index contributed by atoms with van der Waals surface area (Å²) in [4.78, 5) is 2.40. The summed E-state index contributed by atoms with van der Waals surface area (Å²) in [6, 6.07) is 53.2. The van der Waals surface area contributed by atoms with Gasteiger partial charge in [-0.1, -0.05) is 174 Å². The quantitative estimate of drug-likeness (QED) is 0.138. The maximum absolute atomic E-state index is 12.2. The van der Waals surface area contributed by atoms with Gasteiger partial charge in [-0.3, -0.25) is 0 Å². The molecular weight excluding hydrogens is 754 g/mol. The van der Waals surface area contributed by atoms with Crippen molar-refractivity contribution in [2.24, 2.45) is 0 Å². The molecule has 62 heavy (non-hydrogen) atoms. The Hall–Kier alpha value is -6.25. The molecule has 0 amide bonds. The van der Waals surface area contributed by atoms with E-state index in [1.54, 1.807) is 6.07 Å². The maximum atomic E-state index is 12.2. The van der Waals surface area contributed by atoms with E-state index >= 15 is 0 Å². The molecule has 0 saturated heterocycles. The summed E-state index contributed by atoms with van der Waals surface area (Å²) in [5.41, 5.74) is 18.3. The lowest BCUT2D eigenvalue weighted by Gasteiger charge is -2.29. The van der Waals surface area contributed by atoms with Gasteiger partial charge in [-0.05, 0) is 156 Å². The van der Waals surface area contributed by atoms with Crippen molar-refractivity contribution < 1.29 is 4.39 Å². The lowest BCUT2D eigenvalue weighted by Crippen LogP contribution is -2.17. The molecule has 1 nitrogen and oxygen atoms in total. The van der Waals surface area contributed by atoms with E-state index in [9.17, 15) is 4.39 Å². The van der Waals surface area contributed by atoms with Crippen molar-refractivity contribution in [3.05, 3.63) is 227 Å². The summed E-state index contributed by atoms with van der Waals surface area (Å²) in [5.74, 6) is 1.15. The van der Waals surface area contributed by atoms with E-state index in [1.807, 2.05) is 19.1 Å². The summed E-state index contributed by atoms with van der Waals surface area (Å²) in [6.45, 7) is 21.5. The third-order valence-corrected chi connectivity index (χ3v) is 12.7. The Morgan fingerprint density at radius 1 is 0.710 bits per heavy atom. The van der Waals surface area contributed by atoms with Crippen molar-refractivity contribution in [2.45, 2.75) is 91.9 Å². The van der Waals surface area contributed by atoms with Crippen LogP contribution < -0.4 is 4.90 Å². The lowest BCUT2D eigenvalue weighted by molar-refractivity contribution is 0.419. The monoisotopic (exact) mass is 815 g/mol. The summed E-state index contributed by atoms with van der Waals surface area (Å²) < 4.78 is 12.2. The molecule has 7 aromatic carbocycles. The molecule has 2 heteroatoms. The second-order valence-corrected chi connectivity index (χ2v) is 17.8. The van der Waals surface area contributed by atoms with Gasteiger partial charge >= 0.3 is 0 Å². The van der Waals surface area contributed by atoms with Gasteiger partial charge < -0.3 is 4.90 Å². The number of para-hydroxylation sites is 2. The molecule has 0 heterocycles. The van der Waals surface area contributed by atoms with Crippen molar-refractivity contribution in [3.8, 4) is 11.1 Å². The number of hydrogen-bond acceptors (Lipinski definition) is 1. The number of aryl methyl sites for hydroxylation is 2. The molecule has 2 aliphatic carbocycles. The molecule has 7 aromatic rings. The highest BCUT2D eigenvalue weighted by Gasteiger charge is 2.38. The fourth-order valence-electron chi connectivity index (χ4n) is 9.00. The Kier molecular flexibility index (Phi) is 13.6. The first kappa shape index (κ1) is 43.8. The molecular formula is C60H62FN. The molecule has 1 fully saturated rings. The Balaban J connectivity index is 0.000000170. The fraction of sp³-hybridized carbons (Fsp3) is 0.233. The number of nitrogens with zero attached hydrogens (tertiary/aromatic N) is 1. The molecule has 9 rings (SSSR count). The minimum atomic E-state index is -0.162. The van der Waals surface area contributed by atoms with Crippen LogP contribution in [0.25, 0.3) is 27.5 Å². The van der Waals surface area contributed by atoms with Crippen LogP contribution in [-0.4, -0.2) is 0 Å². The van der Waals surface area contributed by atoms with Crippen LogP contribution in [0.5, 0.6) is 0 Å². The predicted octanol–water partition coefficient (Wildman–Crippen LogP) is 17.7.